The maximum atomic E-state index is 13.7. The average molecular weight is 649 g/mol. The third-order valence-electron chi connectivity index (χ3n) is 9.13. The summed E-state index contributed by atoms with van der Waals surface area (Å²) in [5.74, 6) is -0.565. The monoisotopic (exact) mass is 648 g/mol. The zero-order valence-corrected chi connectivity index (χ0v) is 27.9. The number of fused-ring (bicyclic) bond motifs is 3. The summed E-state index contributed by atoms with van der Waals surface area (Å²) in [5, 5.41) is 18.3. The highest BCUT2D eigenvalue weighted by Gasteiger charge is 2.39. The summed E-state index contributed by atoms with van der Waals surface area (Å²) in [6.45, 7) is 9.40. The zero-order chi connectivity index (χ0) is 33.8. The lowest BCUT2D eigenvalue weighted by Crippen LogP contribution is -2.47. The average Bonchev–Trinajstić information content (AvgIpc) is 3.05. The van der Waals surface area contributed by atoms with Crippen LogP contribution in [-0.4, -0.2) is 74.4 Å². The Bertz CT molecular complexity index is 1600. The fraction of sp³-hybridized carbons (Fsp3) is 0.486. The highest BCUT2D eigenvalue weighted by molar-refractivity contribution is 6.00. The third kappa shape index (κ3) is 7.13. The Morgan fingerprint density at radius 3 is 2.49 bits per heavy atom. The van der Waals surface area contributed by atoms with Gasteiger partial charge in [0.05, 0.1) is 42.3 Å². The van der Waals surface area contributed by atoms with Gasteiger partial charge in [-0.3, -0.25) is 15.0 Å². The van der Waals surface area contributed by atoms with Crippen LogP contribution in [0.5, 0.6) is 11.5 Å². The highest BCUT2D eigenvalue weighted by atomic mass is 16.6. The van der Waals surface area contributed by atoms with Gasteiger partial charge in [0.2, 0.25) is 0 Å². The molecular formula is C35H44N4O8. The van der Waals surface area contributed by atoms with Crippen molar-refractivity contribution in [2.75, 3.05) is 40.5 Å². The summed E-state index contributed by atoms with van der Waals surface area (Å²) in [7, 11) is 3.33. The molecule has 0 amide bonds. The van der Waals surface area contributed by atoms with Crippen molar-refractivity contribution in [2.24, 2.45) is 0 Å². The molecule has 2 N–H and O–H groups in total. The van der Waals surface area contributed by atoms with Gasteiger partial charge in [-0.25, -0.2) is 9.59 Å². The van der Waals surface area contributed by atoms with Crippen LogP contribution in [0.1, 0.15) is 69.2 Å². The molecule has 47 heavy (non-hydrogen) atoms. The third-order valence-corrected chi connectivity index (χ3v) is 9.13. The maximum absolute atomic E-state index is 13.7. The molecule has 0 aromatic heterocycles. The lowest BCUT2D eigenvalue weighted by molar-refractivity contribution is -0.384. The number of carbonyl (C=O) groups is 2. The molecule has 2 aromatic carbocycles. The van der Waals surface area contributed by atoms with Crippen LogP contribution in [0.2, 0.25) is 0 Å². The highest BCUT2D eigenvalue weighted by Crippen LogP contribution is 2.44. The van der Waals surface area contributed by atoms with E-state index in [0.717, 1.165) is 43.9 Å². The van der Waals surface area contributed by atoms with Crippen molar-refractivity contribution in [1.82, 2.24) is 15.5 Å². The van der Waals surface area contributed by atoms with Gasteiger partial charge in [-0.15, -0.1) is 0 Å². The number of rotatable bonds is 11. The molecule has 2 aromatic rings. The molecule has 12 nitrogen and oxygen atoms in total. The van der Waals surface area contributed by atoms with Gasteiger partial charge in [0, 0.05) is 60.8 Å². The van der Waals surface area contributed by atoms with E-state index in [0.29, 0.717) is 23.5 Å². The summed E-state index contributed by atoms with van der Waals surface area (Å²) in [6.07, 6.45) is 2.39. The molecular weight excluding hydrogens is 604 g/mol. The predicted octanol–water partition coefficient (Wildman–Crippen LogP) is 4.69. The number of piperidine rings is 1. The lowest BCUT2D eigenvalue weighted by atomic mass is 9.80. The first-order valence-corrected chi connectivity index (χ1v) is 16.1. The number of benzene rings is 2. The number of dihydropyridines is 1. The first-order chi connectivity index (χ1) is 22.5. The summed E-state index contributed by atoms with van der Waals surface area (Å²) in [4.78, 5) is 40.7. The number of hydrogen-bond donors (Lipinski definition) is 2. The molecule has 5 rings (SSSR count). The normalized spacial score (nSPS) is 21.0. The summed E-state index contributed by atoms with van der Waals surface area (Å²) in [6, 6.07) is 10.6. The number of allylic oxidation sites excluding steroid dienone is 2. The molecule has 1 fully saturated rings. The topological polar surface area (TPSA) is 142 Å². The number of nitrogens with one attached hydrogen (secondary N) is 2. The number of nitro groups is 1. The fourth-order valence-corrected chi connectivity index (χ4v) is 7.07. The summed E-state index contributed by atoms with van der Waals surface area (Å²) < 4.78 is 22.6. The molecule has 3 heterocycles. The number of esters is 2. The quantitative estimate of drug-likeness (QED) is 0.152. The van der Waals surface area contributed by atoms with Crippen molar-refractivity contribution in [2.45, 2.75) is 71.1 Å². The Balaban J connectivity index is 1.28. The second-order valence-corrected chi connectivity index (χ2v) is 12.4. The molecule has 3 unspecified atom stereocenters. The van der Waals surface area contributed by atoms with Crippen molar-refractivity contribution < 1.29 is 33.5 Å². The number of non-ortho nitro benzene ring substituents is 1. The summed E-state index contributed by atoms with van der Waals surface area (Å²) >= 11 is 0. The van der Waals surface area contributed by atoms with E-state index < -0.39 is 28.9 Å². The largest absolute Gasteiger partial charge is 0.493 e. The minimum absolute atomic E-state index is 0.109. The number of methoxy groups -OCH3 is 2. The molecule has 0 radical (unpaired) electrons. The SMILES string of the molecule is COc1ccc2c(c1OC)CCN1CCC(NCCOC(=O)C3=C(C)NC(C)=C(C(=O)OC(C)C)C3c3cccc([N+](=O)[O-])c3)CC21. The molecule has 3 atom stereocenters. The first-order valence-electron chi connectivity index (χ1n) is 16.1. The Morgan fingerprint density at radius 1 is 1.06 bits per heavy atom. The van der Waals surface area contributed by atoms with Crippen molar-refractivity contribution >= 4 is 17.6 Å². The van der Waals surface area contributed by atoms with E-state index in [1.807, 2.05) is 6.07 Å². The Labute approximate surface area is 275 Å². The van der Waals surface area contributed by atoms with Gasteiger partial charge in [0.25, 0.3) is 5.69 Å². The smallest absolute Gasteiger partial charge is 0.337 e. The number of hydrogen-bond acceptors (Lipinski definition) is 11. The number of ether oxygens (including phenoxy) is 4. The van der Waals surface area contributed by atoms with Crippen LogP contribution in [0.15, 0.2) is 58.9 Å². The molecule has 12 heteroatoms. The van der Waals surface area contributed by atoms with E-state index in [1.54, 1.807) is 54.0 Å². The number of nitro benzene ring substituents is 1. The maximum Gasteiger partial charge on any atom is 0.337 e. The van der Waals surface area contributed by atoms with Gasteiger partial charge in [-0.2, -0.15) is 0 Å². The van der Waals surface area contributed by atoms with Crippen LogP contribution < -0.4 is 20.1 Å². The van der Waals surface area contributed by atoms with Gasteiger partial charge in [0.1, 0.15) is 6.61 Å². The van der Waals surface area contributed by atoms with E-state index in [1.165, 1.54) is 23.3 Å². The van der Waals surface area contributed by atoms with Crippen LogP contribution in [0.4, 0.5) is 5.69 Å². The van der Waals surface area contributed by atoms with Crippen LogP contribution >= 0.6 is 0 Å². The summed E-state index contributed by atoms with van der Waals surface area (Å²) in [5.41, 5.74) is 4.19. The van der Waals surface area contributed by atoms with Crippen molar-refractivity contribution in [3.63, 3.8) is 0 Å². The van der Waals surface area contributed by atoms with Gasteiger partial charge >= 0.3 is 11.9 Å². The van der Waals surface area contributed by atoms with Gasteiger partial charge in [-0.1, -0.05) is 18.2 Å². The zero-order valence-electron chi connectivity index (χ0n) is 27.9. The number of carbonyl (C=O) groups excluding carboxylic acids is 2. The van der Waals surface area contributed by atoms with Crippen molar-refractivity contribution in [1.29, 1.82) is 0 Å². The van der Waals surface area contributed by atoms with Gasteiger partial charge in [-0.05, 0) is 64.2 Å². The Morgan fingerprint density at radius 2 is 1.81 bits per heavy atom. The molecule has 0 bridgehead atoms. The van der Waals surface area contributed by atoms with E-state index >= 15 is 0 Å². The van der Waals surface area contributed by atoms with E-state index in [2.05, 4.69) is 21.6 Å². The van der Waals surface area contributed by atoms with E-state index in [4.69, 9.17) is 18.9 Å². The standard InChI is InChI=1S/C35H44N4O8/c1-20(2)47-35(41)31-22(4)37-21(3)30(32(31)23-8-7-9-25(18-23)39(42)43)34(40)46-17-14-36-24-12-15-38-16-13-27-26(28(38)19-24)10-11-29(44-5)33(27)45-6/h7-11,18,20,24,28,32,36-37H,12-17,19H2,1-6H3. The molecule has 0 saturated carbocycles. The molecule has 3 aliphatic heterocycles. The van der Waals surface area contributed by atoms with Crippen molar-refractivity contribution in [3.05, 3.63) is 85.7 Å². The molecule has 3 aliphatic rings. The molecule has 0 spiro atoms. The van der Waals surface area contributed by atoms with Crippen LogP contribution in [-0.2, 0) is 25.5 Å². The Kier molecular flexibility index (Phi) is 10.5. The molecule has 1 saturated heterocycles. The van der Waals surface area contributed by atoms with E-state index in [9.17, 15) is 19.7 Å². The number of nitrogens with zero attached hydrogens (tertiary/aromatic N) is 2. The second kappa shape index (κ2) is 14.6. The second-order valence-electron chi connectivity index (χ2n) is 12.4. The lowest BCUT2D eigenvalue weighted by Gasteiger charge is -2.44. The van der Waals surface area contributed by atoms with Gasteiger partial charge in [0.15, 0.2) is 11.5 Å². The van der Waals surface area contributed by atoms with E-state index in [-0.39, 0.29) is 35.5 Å². The van der Waals surface area contributed by atoms with Crippen LogP contribution in [0.3, 0.4) is 0 Å². The minimum Gasteiger partial charge on any atom is -0.493 e. The van der Waals surface area contributed by atoms with Crippen molar-refractivity contribution in [3.8, 4) is 11.5 Å². The van der Waals surface area contributed by atoms with Gasteiger partial charge < -0.3 is 29.6 Å². The first kappa shape index (κ1) is 33.9. The molecule has 252 valence electrons. The minimum atomic E-state index is -0.908. The fourth-order valence-electron chi connectivity index (χ4n) is 7.07. The Hall–Kier alpha value is -4.42. The predicted molar refractivity (Wildman–Crippen MR) is 175 cm³/mol. The van der Waals surface area contributed by atoms with Crippen LogP contribution in [0.25, 0.3) is 0 Å². The van der Waals surface area contributed by atoms with Crippen LogP contribution in [0, 0.1) is 10.1 Å². The molecule has 0 aliphatic carbocycles.